The summed E-state index contributed by atoms with van der Waals surface area (Å²) in [6, 6.07) is 3.32. The molecule has 0 unspecified atom stereocenters. The molecule has 1 aromatic rings. The Hall–Kier alpha value is -1.38. The van der Waals surface area contributed by atoms with E-state index in [4.69, 9.17) is 4.74 Å². The molecule has 0 bridgehead atoms. The van der Waals surface area contributed by atoms with Crippen molar-refractivity contribution in [3.8, 4) is 5.75 Å². The molecule has 0 N–H and O–H groups in total. The Morgan fingerprint density at radius 3 is 2.03 bits per heavy atom. The maximum Gasteiger partial charge on any atom is 0.200 e. The maximum atomic E-state index is 14.5. The van der Waals surface area contributed by atoms with Crippen molar-refractivity contribution in [2.45, 2.75) is 89.9 Å². The van der Waals surface area contributed by atoms with Crippen LogP contribution < -0.4 is 4.74 Å². The first-order chi connectivity index (χ1) is 14.1. The predicted octanol–water partition coefficient (Wildman–Crippen LogP) is 8.19. The minimum Gasteiger partial charge on any atom is -0.491 e. The lowest BCUT2D eigenvalue weighted by Gasteiger charge is -2.30. The summed E-state index contributed by atoms with van der Waals surface area (Å²) in [5.74, 6) is 1.10. The highest BCUT2D eigenvalue weighted by Gasteiger charge is 2.26. The Kier molecular flexibility index (Phi) is 8.56. The lowest BCUT2D eigenvalue weighted by atomic mass is 9.76. The summed E-state index contributed by atoms with van der Waals surface area (Å²) in [4.78, 5) is 0. The lowest BCUT2D eigenvalue weighted by Crippen LogP contribution is -2.15. The summed E-state index contributed by atoms with van der Waals surface area (Å²) in [5, 5.41) is 0. The standard InChI is InChI=1S/C26H38F2O/c1-3-19-9-11-20(12-10-19)7-5-6-8-21-13-15-22(16-14-21)23-17-18-24(29-4-2)26(28)25(23)27/h3,17-22H,1,4-16H2,2H3. The van der Waals surface area contributed by atoms with E-state index >= 15 is 0 Å². The van der Waals surface area contributed by atoms with Gasteiger partial charge in [0.1, 0.15) is 0 Å². The van der Waals surface area contributed by atoms with Crippen molar-refractivity contribution >= 4 is 0 Å². The van der Waals surface area contributed by atoms with E-state index in [0.29, 0.717) is 12.2 Å². The molecule has 0 atom stereocenters. The first-order valence-electron chi connectivity index (χ1n) is 11.9. The quantitative estimate of drug-likeness (QED) is 0.298. The fourth-order valence-corrected chi connectivity index (χ4v) is 5.47. The molecule has 3 heteroatoms. The van der Waals surface area contributed by atoms with Gasteiger partial charge in [-0.1, -0.05) is 37.8 Å². The summed E-state index contributed by atoms with van der Waals surface area (Å²) in [6.07, 6.45) is 17.2. The maximum absolute atomic E-state index is 14.5. The molecule has 162 valence electrons. The number of hydrogen-bond donors (Lipinski definition) is 0. The molecule has 0 aliphatic heterocycles. The van der Waals surface area contributed by atoms with Crippen LogP contribution in [0.3, 0.4) is 0 Å². The molecule has 0 saturated heterocycles. The first-order valence-corrected chi connectivity index (χ1v) is 11.9. The zero-order valence-electron chi connectivity index (χ0n) is 18.1. The fraction of sp³-hybridized carbons (Fsp3) is 0.692. The van der Waals surface area contributed by atoms with Gasteiger partial charge in [0.05, 0.1) is 6.61 Å². The molecule has 2 fully saturated rings. The minimum absolute atomic E-state index is 0.0282. The van der Waals surface area contributed by atoms with Crippen LogP contribution in [0.25, 0.3) is 0 Å². The second-order valence-electron chi connectivity index (χ2n) is 9.23. The van der Waals surface area contributed by atoms with Gasteiger partial charge < -0.3 is 4.74 Å². The van der Waals surface area contributed by atoms with Crippen molar-refractivity contribution in [3.63, 3.8) is 0 Å². The molecular formula is C26H38F2O. The molecule has 2 aliphatic rings. The molecule has 0 heterocycles. The van der Waals surface area contributed by atoms with Crippen molar-refractivity contribution in [1.82, 2.24) is 0 Å². The van der Waals surface area contributed by atoms with Crippen LogP contribution in [0.4, 0.5) is 8.78 Å². The Morgan fingerprint density at radius 2 is 1.48 bits per heavy atom. The zero-order valence-corrected chi connectivity index (χ0v) is 18.1. The molecule has 0 amide bonds. The van der Waals surface area contributed by atoms with Gasteiger partial charge >= 0.3 is 0 Å². The van der Waals surface area contributed by atoms with Gasteiger partial charge in [0.2, 0.25) is 5.82 Å². The Balaban J connectivity index is 1.36. The zero-order chi connectivity index (χ0) is 20.6. The molecule has 2 saturated carbocycles. The number of benzene rings is 1. The molecule has 0 aromatic heterocycles. The molecule has 29 heavy (non-hydrogen) atoms. The molecule has 1 aromatic carbocycles. The highest BCUT2D eigenvalue weighted by Crippen LogP contribution is 2.40. The van der Waals surface area contributed by atoms with E-state index in [9.17, 15) is 8.78 Å². The van der Waals surface area contributed by atoms with Crippen molar-refractivity contribution in [2.75, 3.05) is 6.61 Å². The van der Waals surface area contributed by atoms with E-state index in [2.05, 4.69) is 12.7 Å². The van der Waals surface area contributed by atoms with E-state index < -0.39 is 11.6 Å². The van der Waals surface area contributed by atoms with E-state index in [0.717, 1.165) is 43.4 Å². The summed E-state index contributed by atoms with van der Waals surface area (Å²) >= 11 is 0. The second kappa shape index (κ2) is 11.1. The van der Waals surface area contributed by atoms with Gasteiger partial charge in [-0.2, -0.15) is 4.39 Å². The summed E-state index contributed by atoms with van der Waals surface area (Å²) in [7, 11) is 0. The predicted molar refractivity (Wildman–Crippen MR) is 116 cm³/mol. The summed E-state index contributed by atoms with van der Waals surface area (Å²) < 4.78 is 33.8. The van der Waals surface area contributed by atoms with Gasteiger partial charge in [0, 0.05) is 0 Å². The minimum atomic E-state index is -0.825. The van der Waals surface area contributed by atoms with E-state index in [1.807, 2.05) is 0 Å². The first kappa shape index (κ1) is 22.3. The summed E-state index contributed by atoms with van der Waals surface area (Å²) in [5.41, 5.74) is 0.541. The number of halogens is 2. The van der Waals surface area contributed by atoms with E-state index in [1.165, 1.54) is 51.4 Å². The van der Waals surface area contributed by atoms with Crippen LogP contribution in [0, 0.1) is 29.4 Å². The smallest absolute Gasteiger partial charge is 0.200 e. The third kappa shape index (κ3) is 6.06. The van der Waals surface area contributed by atoms with Crippen molar-refractivity contribution in [1.29, 1.82) is 0 Å². The molecule has 3 rings (SSSR count). The van der Waals surface area contributed by atoms with Crippen molar-refractivity contribution in [3.05, 3.63) is 42.0 Å². The molecule has 2 aliphatic carbocycles. The fourth-order valence-electron chi connectivity index (χ4n) is 5.47. The van der Waals surface area contributed by atoms with Crippen LogP contribution in [0.15, 0.2) is 24.8 Å². The van der Waals surface area contributed by atoms with Crippen LogP contribution >= 0.6 is 0 Å². The van der Waals surface area contributed by atoms with Crippen LogP contribution in [0.5, 0.6) is 5.75 Å². The molecule has 0 radical (unpaired) electrons. The van der Waals surface area contributed by atoms with Crippen LogP contribution in [0.1, 0.15) is 95.5 Å². The molecule has 1 nitrogen and oxygen atoms in total. The lowest BCUT2D eigenvalue weighted by molar-refractivity contribution is 0.271. The van der Waals surface area contributed by atoms with Gasteiger partial charge in [-0.05, 0) is 93.6 Å². The summed E-state index contributed by atoms with van der Waals surface area (Å²) in [6.45, 7) is 6.06. The van der Waals surface area contributed by atoms with Crippen molar-refractivity contribution in [2.24, 2.45) is 17.8 Å². The Labute approximate surface area is 175 Å². The monoisotopic (exact) mass is 404 g/mol. The van der Waals surface area contributed by atoms with Crippen LogP contribution in [-0.2, 0) is 0 Å². The van der Waals surface area contributed by atoms with Gasteiger partial charge in [-0.3, -0.25) is 0 Å². The highest BCUT2D eigenvalue weighted by molar-refractivity contribution is 5.33. The SMILES string of the molecule is C=CC1CCC(CCCCC2CCC(c3ccc(OCC)c(F)c3F)CC2)CC1. The highest BCUT2D eigenvalue weighted by atomic mass is 19.2. The van der Waals surface area contributed by atoms with Gasteiger partial charge in [-0.25, -0.2) is 4.39 Å². The van der Waals surface area contributed by atoms with Gasteiger partial charge in [0.25, 0.3) is 0 Å². The second-order valence-corrected chi connectivity index (χ2v) is 9.23. The largest absolute Gasteiger partial charge is 0.491 e. The van der Waals surface area contributed by atoms with Crippen LogP contribution in [-0.4, -0.2) is 6.61 Å². The van der Waals surface area contributed by atoms with Crippen LogP contribution in [0.2, 0.25) is 0 Å². The number of ether oxygens (including phenoxy) is 1. The number of rotatable bonds is 9. The number of unbranched alkanes of at least 4 members (excludes halogenated alkanes) is 1. The van der Waals surface area contributed by atoms with E-state index in [-0.39, 0.29) is 11.7 Å². The third-order valence-corrected chi connectivity index (χ3v) is 7.36. The van der Waals surface area contributed by atoms with Gasteiger partial charge in [-0.15, -0.1) is 6.58 Å². The Bertz CT molecular complexity index is 640. The van der Waals surface area contributed by atoms with Gasteiger partial charge in [0.15, 0.2) is 11.6 Å². The van der Waals surface area contributed by atoms with Crippen molar-refractivity contribution < 1.29 is 13.5 Å². The Morgan fingerprint density at radius 1 is 0.897 bits per heavy atom. The normalized spacial score (nSPS) is 27.6. The number of hydrogen-bond acceptors (Lipinski definition) is 1. The number of allylic oxidation sites excluding steroid dienone is 1. The molecule has 0 spiro atoms. The van der Waals surface area contributed by atoms with E-state index in [1.54, 1.807) is 19.1 Å². The molecular weight excluding hydrogens is 366 g/mol. The topological polar surface area (TPSA) is 9.23 Å². The third-order valence-electron chi connectivity index (χ3n) is 7.36. The average Bonchev–Trinajstić information content (AvgIpc) is 2.76. The average molecular weight is 405 g/mol.